The van der Waals surface area contributed by atoms with Crippen LogP contribution in [0.3, 0.4) is 0 Å². The van der Waals surface area contributed by atoms with E-state index < -0.39 is 5.97 Å². The maximum atomic E-state index is 12.5. The van der Waals surface area contributed by atoms with E-state index in [1.165, 1.54) is 0 Å². The molecule has 0 aromatic heterocycles. The molecule has 1 aromatic rings. The van der Waals surface area contributed by atoms with Crippen molar-refractivity contribution in [1.29, 1.82) is 0 Å². The fourth-order valence-electron chi connectivity index (χ4n) is 3.86. The number of rotatable bonds is 6. The molecule has 7 nitrogen and oxygen atoms in total. The van der Waals surface area contributed by atoms with E-state index in [2.05, 4.69) is 5.32 Å². The minimum absolute atomic E-state index is 0.0128. The topological polar surface area (TPSA) is 95.9 Å². The van der Waals surface area contributed by atoms with Gasteiger partial charge in [0.1, 0.15) is 5.75 Å². The number of benzene rings is 1. The number of carbonyl (C=O) groups is 3. The van der Waals surface area contributed by atoms with Crippen molar-refractivity contribution in [2.24, 2.45) is 11.8 Å². The molecule has 1 heterocycles. The lowest BCUT2D eigenvalue weighted by molar-refractivity contribution is -0.143. The van der Waals surface area contributed by atoms with Gasteiger partial charge in [0.05, 0.1) is 18.9 Å². The molecule has 1 aromatic carbocycles. The first-order valence-electron chi connectivity index (χ1n) is 9.40. The molecule has 1 saturated carbocycles. The first kappa shape index (κ1) is 19.2. The van der Waals surface area contributed by atoms with Gasteiger partial charge in [0.2, 0.25) is 11.8 Å². The molecule has 2 fully saturated rings. The number of hydrogen-bond acceptors (Lipinski definition) is 4. The highest BCUT2D eigenvalue weighted by Crippen LogP contribution is 2.26. The monoisotopic (exact) mass is 374 g/mol. The van der Waals surface area contributed by atoms with Crippen LogP contribution in [-0.4, -0.2) is 47.5 Å². The number of likely N-dealkylation sites (tertiary alicyclic amines) is 1. The molecule has 1 aliphatic carbocycles. The number of amides is 2. The molecule has 0 spiro atoms. The van der Waals surface area contributed by atoms with Gasteiger partial charge in [-0.1, -0.05) is 12.1 Å². The minimum atomic E-state index is -0.754. The van der Waals surface area contributed by atoms with Crippen LogP contribution < -0.4 is 10.1 Å². The molecule has 2 aliphatic rings. The van der Waals surface area contributed by atoms with E-state index in [1.54, 1.807) is 12.0 Å². The van der Waals surface area contributed by atoms with Crippen molar-refractivity contribution in [3.63, 3.8) is 0 Å². The number of methoxy groups -OCH3 is 1. The summed E-state index contributed by atoms with van der Waals surface area (Å²) >= 11 is 0. The van der Waals surface area contributed by atoms with E-state index in [9.17, 15) is 14.4 Å². The first-order chi connectivity index (χ1) is 13.0. The van der Waals surface area contributed by atoms with Gasteiger partial charge in [-0.3, -0.25) is 14.4 Å². The first-order valence-corrected chi connectivity index (χ1v) is 9.40. The molecule has 0 radical (unpaired) electrons. The van der Waals surface area contributed by atoms with Crippen molar-refractivity contribution in [3.05, 3.63) is 29.8 Å². The number of nitrogens with one attached hydrogen (secondary N) is 1. The number of carboxylic acid groups (broad SMARTS) is 1. The Labute approximate surface area is 158 Å². The number of carboxylic acids is 1. The van der Waals surface area contributed by atoms with E-state index in [0.717, 1.165) is 11.3 Å². The molecule has 1 aliphatic heterocycles. The van der Waals surface area contributed by atoms with Gasteiger partial charge in [-0.2, -0.15) is 0 Å². The second kappa shape index (κ2) is 8.41. The Bertz CT molecular complexity index is 695. The van der Waals surface area contributed by atoms with Crippen molar-refractivity contribution in [2.45, 2.75) is 44.7 Å². The summed E-state index contributed by atoms with van der Waals surface area (Å²) in [6.07, 6.45) is 2.77. The number of ether oxygens (including phenoxy) is 1. The molecule has 1 unspecified atom stereocenters. The molecular weight excluding hydrogens is 348 g/mol. The Morgan fingerprint density at radius 3 is 2.41 bits per heavy atom. The van der Waals surface area contributed by atoms with Crippen molar-refractivity contribution < 1.29 is 24.2 Å². The number of carbonyl (C=O) groups excluding carboxylic acids is 2. The molecule has 27 heavy (non-hydrogen) atoms. The predicted molar refractivity (Wildman–Crippen MR) is 98.0 cm³/mol. The zero-order valence-electron chi connectivity index (χ0n) is 15.5. The summed E-state index contributed by atoms with van der Waals surface area (Å²) in [6, 6.07) is 7.56. The second-order valence-electron chi connectivity index (χ2n) is 7.42. The summed E-state index contributed by atoms with van der Waals surface area (Å²) in [6.45, 7) is 0.900. The lowest BCUT2D eigenvalue weighted by atomic mass is 9.86. The number of hydrogen-bond donors (Lipinski definition) is 2. The Balaban J connectivity index is 1.49. The van der Waals surface area contributed by atoms with Gasteiger partial charge >= 0.3 is 5.97 Å². The third-order valence-electron chi connectivity index (χ3n) is 5.54. The Hall–Kier alpha value is -2.57. The van der Waals surface area contributed by atoms with E-state index in [0.29, 0.717) is 38.8 Å². The normalized spacial score (nSPS) is 25.3. The van der Waals surface area contributed by atoms with Crippen LogP contribution in [-0.2, 0) is 20.9 Å². The molecule has 0 bridgehead atoms. The third kappa shape index (κ3) is 4.78. The average molecular weight is 374 g/mol. The van der Waals surface area contributed by atoms with Gasteiger partial charge in [-0.15, -0.1) is 0 Å². The fourth-order valence-corrected chi connectivity index (χ4v) is 3.86. The third-order valence-corrected chi connectivity index (χ3v) is 5.54. The van der Waals surface area contributed by atoms with Crippen LogP contribution in [0.1, 0.15) is 37.7 Å². The lowest BCUT2D eigenvalue weighted by Gasteiger charge is -2.27. The van der Waals surface area contributed by atoms with Gasteiger partial charge in [-0.05, 0) is 43.4 Å². The van der Waals surface area contributed by atoms with Crippen LogP contribution in [0.2, 0.25) is 0 Å². The highest BCUT2D eigenvalue weighted by molar-refractivity contribution is 5.89. The lowest BCUT2D eigenvalue weighted by Crippen LogP contribution is -2.42. The molecule has 3 rings (SSSR count). The van der Waals surface area contributed by atoms with Crippen LogP contribution in [0.4, 0.5) is 0 Å². The predicted octanol–water partition coefficient (Wildman–Crippen LogP) is 1.80. The summed E-state index contributed by atoms with van der Waals surface area (Å²) in [5.74, 6) is -0.740. The van der Waals surface area contributed by atoms with Crippen molar-refractivity contribution in [3.8, 4) is 5.75 Å². The Morgan fingerprint density at radius 2 is 1.81 bits per heavy atom. The maximum Gasteiger partial charge on any atom is 0.306 e. The van der Waals surface area contributed by atoms with Crippen LogP contribution in [0.25, 0.3) is 0 Å². The van der Waals surface area contributed by atoms with Crippen LogP contribution in [0.5, 0.6) is 5.75 Å². The molecule has 1 atom stereocenters. The summed E-state index contributed by atoms with van der Waals surface area (Å²) < 4.78 is 5.13. The van der Waals surface area contributed by atoms with Crippen molar-refractivity contribution in [2.75, 3.05) is 13.7 Å². The summed E-state index contributed by atoms with van der Waals surface area (Å²) in [5, 5.41) is 12.1. The minimum Gasteiger partial charge on any atom is -0.497 e. The quantitative estimate of drug-likeness (QED) is 0.792. The Kier molecular flexibility index (Phi) is 5.98. The smallest absolute Gasteiger partial charge is 0.306 e. The van der Waals surface area contributed by atoms with Crippen molar-refractivity contribution >= 4 is 17.8 Å². The van der Waals surface area contributed by atoms with Gasteiger partial charge in [0.25, 0.3) is 0 Å². The highest BCUT2D eigenvalue weighted by atomic mass is 16.5. The molecule has 2 amide bonds. The summed E-state index contributed by atoms with van der Waals surface area (Å²) in [5.41, 5.74) is 0.997. The molecule has 7 heteroatoms. The molecule has 1 saturated heterocycles. The molecule has 146 valence electrons. The highest BCUT2D eigenvalue weighted by Gasteiger charge is 2.35. The van der Waals surface area contributed by atoms with Crippen LogP contribution in [0, 0.1) is 11.8 Å². The summed E-state index contributed by atoms with van der Waals surface area (Å²) in [4.78, 5) is 37.5. The van der Waals surface area contributed by atoms with E-state index in [1.807, 2.05) is 24.3 Å². The van der Waals surface area contributed by atoms with Crippen LogP contribution in [0.15, 0.2) is 24.3 Å². The molecular formula is C20H26N2O5. The van der Waals surface area contributed by atoms with Crippen LogP contribution >= 0.6 is 0 Å². The number of nitrogens with zero attached hydrogens (tertiary/aromatic N) is 1. The van der Waals surface area contributed by atoms with Crippen molar-refractivity contribution in [1.82, 2.24) is 10.2 Å². The zero-order chi connectivity index (χ0) is 19.4. The summed E-state index contributed by atoms with van der Waals surface area (Å²) in [7, 11) is 1.61. The van der Waals surface area contributed by atoms with E-state index >= 15 is 0 Å². The van der Waals surface area contributed by atoms with E-state index in [-0.39, 0.29) is 36.1 Å². The van der Waals surface area contributed by atoms with Gasteiger partial charge in [0.15, 0.2) is 0 Å². The second-order valence-corrected chi connectivity index (χ2v) is 7.42. The van der Waals surface area contributed by atoms with Gasteiger partial charge < -0.3 is 20.1 Å². The fraction of sp³-hybridized carbons (Fsp3) is 0.550. The standard InChI is InChI=1S/C20H26N2O5/c1-27-17-8-2-13(3-9-17)11-22-12-15(10-18(22)23)19(24)21-16-6-4-14(5-7-16)20(25)26/h2-3,8-9,14-16H,4-7,10-12H2,1H3,(H,21,24)(H,25,26). The molecule has 2 N–H and O–H groups in total. The van der Waals surface area contributed by atoms with E-state index in [4.69, 9.17) is 9.84 Å². The maximum absolute atomic E-state index is 12.5. The average Bonchev–Trinajstić information content (AvgIpc) is 3.03. The largest absolute Gasteiger partial charge is 0.497 e. The van der Waals surface area contributed by atoms with Gasteiger partial charge in [0, 0.05) is 25.6 Å². The zero-order valence-corrected chi connectivity index (χ0v) is 15.5. The SMILES string of the molecule is COc1ccc(CN2CC(C(=O)NC3CCC(C(=O)O)CC3)CC2=O)cc1. The van der Waals surface area contributed by atoms with Gasteiger partial charge in [-0.25, -0.2) is 0 Å². The Morgan fingerprint density at radius 1 is 1.15 bits per heavy atom. The number of aliphatic carboxylic acids is 1.